The fraction of sp³-hybridized carbons (Fsp3) is 0.769. The molecule has 1 aliphatic carbocycles. The second-order valence-electron chi connectivity index (χ2n) is 5.62. The minimum atomic E-state index is -3.43. The van der Waals surface area contributed by atoms with Gasteiger partial charge in [0.1, 0.15) is 5.82 Å². The van der Waals surface area contributed by atoms with Crippen LogP contribution in [0, 0.1) is 0 Å². The third kappa shape index (κ3) is 4.50. The van der Waals surface area contributed by atoms with Crippen molar-refractivity contribution in [2.45, 2.75) is 31.8 Å². The van der Waals surface area contributed by atoms with E-state index in [0.717, 1.165) is 18.8 Å². The molecule has 0 spiro atoms. The van der Waals surface area contributed by atoms with Crippen LogP contribution in [0.1, 0.15) is 25.1 Å². The smallest absolute Gasteiger partial charge is 0.281 e. The number of rotatable bonds is 9. The SMILES string of the molecule is CN(CCCNC1CC1)S(=O)(=O)N(C)Cc1nccn1C. The molecule has 1 aromatic heterocycles. The number of hydrogen-bond acceptors (Lipinski definition) is 4. The first-order valence-electron chi connectivity index (χ1n) is 7.28. The summed E-state index contributed by atoms with van der Waals surface area (Å²) in [5.74, 6) is 0.727. The van der Waals surface area contributed by atoms with Gasteiger partial charge in [0.2, 0.25) is 0 Å². The first-order chi connectivity index (χ1) is 9.91. The van der Waals surface area contributed by atoms with Crippen LogP contribution in [0.3, 0.4) is 0 Å². The van der Waals surface area contributed by atoms with Crippen molar-refractivity contribution in [1.29, 1.82) is 0 Å². The molecule has 0 amide bonds. The molecule has 1 aromatic rings. The first kappa shape index (κ1) is 16.4. The van der Waals surface area contributed by atoms with E-state index in [4.69, 9.17) is 0 Å². The second-order valence-corrected chi connectivity index (χ2v) is 7.76. The Labute approximate surface area is 127 Å². The van der Waals surface area contributed by atoms with Crippen LogP contribution in [0.5, 0.6) is 0 Å². The quantitative estimate of drug-likeness (QED) is 0.660. The lowest BCUT2D eigenvalue weighted by Crippen LogP contribution is -2.40. The Morgan fingerprint density at radius 2 is 2.10 bits per heavy atom. The van der Waals surface area contributed by atoms with E-state index < -0.39 is 10.2 Å². The minimum absolute atomic E-state index is 0.274. The summed E-state index contributed by atoms with van der Waals surface area (Å²) in [4.78, 5) is 4.16. The zero-order valence-electron chi connectivity index (χ0n) is 13.0. The van der Waals surface area contributed by atoms with Crippen molar-refractivity contribution in [2.24, 2.45) is 7.05 Å². The summed E-state index contributed by atoms with van der Waals surface area (Å²) in [5, 5.41) is 3.39. The summed E-state index contributed by atoms with van der Waals surface area (Å²) in [6, 6.07) is 0.665. The van der Waals surface area contributed by atoms with Crippen LogP contribution in [0.4, 0.5) is 0 Å². The van der Waals surface area contributed by atoms with E-state index in [2.05, 4.69) is 10.3 Å². The van der Waals surface area contributed by atoms with E-state index in [-0.39, 0.29) is 6.54 Å². The van der Waals surface area contributed by atoms with Crippen molar-refractivity contribution in [3.8, 4) is 0 Å². The van der Waals surface area contributed by atoms with Crippen molar-refractivity contribution in [1.82, 2.24) is 23.5 Å². The van der Waals surface area contributed by atoms with Gasteiger partial charge in [0.25, 0.3) is 10.2 Å². The van der Waals surface area contributed by atoms with Crippen molar-refractivity contribution >= 4 is 10.2 Å². The number of nitrogens with zero attached hydrogens (tertiary/aromatic N) is 4. The third-order valence-corrected chi connectivity index (χ3v) is 5.62. The molecule has 7 nitrogen and oxygen atoms in total. The fourth-order valence-corrected chi connectivity index (χ4v) is 3.19. The van der Waals surface area contributed by atoms with Crippen LogP contribution in [0.15, 0.2) is 12.4 Å². The summed E-state index contributed by atoms with van der Waals surface area (Å²) in [6.45, 7) is 1.66. The van der Waals surface area contributed by atoms with Crippen LogP contribution in [0.25, 0.3) is 0 Å². The van der Waals surface area contributed by atoms with Gasteiger partial charge < -0.3 is 9.88 Å². The monoisotopic (exact) mass is 315 g/mol. The van der Waals surface area contributed by atoms with E-state index in [1.54, 1.807) is 20.3 Å². The van der Waals surface area contributed by atoms with Crippen molar-refractivity contribution in [2.75, 3.05) is 27.2 Å². The highest BCUT2D eigenvalue weighted by Crippen LogP contribution is 2.18. The molecule has 1 heterocycles. The fourth-order valence-electron chi connectivity index (χ4n) is 2.08. The highest BCUT2D eigenvalue weighted by atomic mass is 32.2. The molecule has 0 saturated heterocycles. The minimum Gasteiger partial charge on any atom is -0.337 e. The summed E-state index contributed by atoms with van der Waals surface area (Å²) >= 11 is 0. The maximum absolute atomic E-state index is 12.4. The van der Waals surface area contributed by atoms with E-state index >= 15 is 0 Å². The Morgan fingerprint density at radius 3 is 2.67 bits per heavy atom. The molecule has 2 rings (SSSR count). The van der Waals surface area contributed by atoms with Gasteiger partial charge in [0.15, 0.2) is 0 Å². The van der Waals surface area contributed by atoms with Gasteiger partial charge in [-0.1, -0.05) is 0 Å². The normalized spacial score (nSPS) is 16.0. The number of aryl methyl sites for hydroxylation is 1. The number of imidazole rings is 1. The molecular weight excluding hydrogens is 290 g/mol. The van der Waals surface area contributed by atoms with Crippen LogP contribution in [0.2, 0.25) is 0 Å². The molecule has 1 fully saturated rings. The average molecular weight is 315 g/mol. The molecule has 120 valence electrons. The van der Waals surface area contributed by atoms with E-state index in [9.17, 15) is 8.42 Å². The Balaban J connectivity index is 1.81. The Bertz CT molecular complexity index is 553. The van der Waals surface area contributed by atoms with E-state index in [1.807, 2.05) is 17.8 Å². The molecule has 1 saturated carbocycles. The van der Waals surface area contributed by atoms with Gasteiger partial charge in [0, 0.05) is 46.1 Å². The van der Waals surface area contributed by atoms with Gasteiger partial charge in [-0.15, -0.1) is 0 Å². The largest absolute Gasteiger partial charge is 0.337 e. The molecule has 0 atom stereocenters. The zero-order chi connectivity index (χ0) is 15.5. The Morgan fingerprint density at radius 1 is 1.38 bits per heavy atom. The molecule has 0 bridgehead atoms. The lowest BCUT2D eigenvalue weighted by atomic mass is 10.4. The first-order valence-corrected chi connectivity index (χ1v) is 8.68. The van der Waals surface area contributed by atoms with Crippen LogP contribution >= 0.6 is 0 Å². The molecule has 8 heteroatoms. The third-order valence-electron chi connectivity index (χ3n) is 3.73. The predicted octanol–water partition coefficient (Wildman–Crippen LogP) is 0.171. The number of hydrogen-bond donors (Lipinski definition) is 1. The summed E-state index contributed by atoms with van der Waals surface area (Å²) < 4.78 is 29.4. The van der Waals surface area contributed by atoms with Crippen molar-refractivity contribution in [3.63, 3.8) is 0 Å². The molecule has 0 aliphatic heterocycles. The van der Waals surface area contributed by atoms with Crippen molar-refractivity contribution in [3.05, 3.63) is 18.2 Å². The van der Waals surface area contributed by atoms with Gasteiger partial charge in [-0.2, -0.15) is 17.0 Å². The molecule has 1 N–H and O–H groups in total. The summed E-state index contributed by atoms with van der Waals surface area (Å²) in [7, 11) is 1.64. The molecule has 0 aromatic carbocycles. The zero-order valence-corrected chi connectivity index (χ0v) is 13.8. The lowest BCUT2D eigenvalue weighted by molar-refractivity contribution is 0.377. The van der Waals surface area contributed by atoms with Gasteiger partial charge in [-0.25, -0.2) is 4.98 Å². The molecular formula is C13H25N5O2S. The van der Waals surface area contributed by atoms with Gasteiger partial charge in [-0.05, 0) is 25.8 Å². The lowest BCUT2D eigenvalue weighted by Gasteiger charge is -2.24. The molecule has 0 unspecified atom stereocenters. The van der Waals surface area contributed by atoms with Gasteiger partial charge in [0.05, 0.1) is 6.54 Å². The highest BCUT2D eigenvalue weighted by Gasteiger charge is 2.25. The second kappa shape index (κ2) is 6.87. The molecule has 21 heavy (non-hydrogen) atoms. The molecule has 1 aliphatic rings. The summed E-state index contributed by atoms with van der Waals surface area (Å²) in [5.41, 5.74) is 0. The van der Waals surface area contributed by atoms with Gasteiger partial charge in [-0.3, -0.25) is 0 Å². The maximum Gasteiger partial charge on any atom is 0.281 e. The Hall–Kier alpha value is -0.960. The Kier molecular flexibility index (Phi) is 5.37. The molecule has 0 radical (unpaired) electrons. The predicted molar refractivity (Wildman–Crippen MR) is 81.9 cm³/mol. The highest BCUT2D eigenvalue weighted by molar-refractivity contribution is 7.86. The van der Waals surface area contributed by atoms with E-state index in [1.165, 1.54) is 21.5 Å². The topological polar surface area (TPSA) is 70.5 Å². The van der Waals surface area contributed by atoms with Crippen LogP contribution < -0.4 is 5.32 Å². The van der Waals surface area contributed by atoms with Crippen LogP contribution in [-0.4, -0.2) is 59.8 Å². The van der Waals surface area contributed by atoms with E-state index in [0.29, 0.717) is 12.6 Å². The number of nitrogens with one attached hydrogen (secondary N) is 1. The van der Waals surface area contributed by atoms with Crippen LogP contribution in [-0.2, 0) is 23.8 Å². The van der Waals surface area contributed by atoms with Crippen molar-refractivity contribution < 1.29 is 8.42 Å². The summed E-state index contributed by atoms with van der Waals surface area (Å²) in [6.07, 6.45) is 6.80. The number of aromatic nitrogens is 2. The standard InChI is InChI=1S/C13H25N5O2S/c1-16-10-8-15-13(16)11-18(3)21(19,20)17(2)9-4-7-14-12-5-6-12/h8,10,12,14H,4-7,9,11H2,1-3H3. The maximum atomic E-state index is 12.4. The van der Waals surface area contributed by atoms with Gasteiger partial charge >= 0.3 is 0 Å². The average Bonchev–Trinajstić information content (AvgIpc) is 3.18.